The van der Waals surface area contributed by atoms with Crippen molar-refractivity contribution in [3.05, 3.63) is 65.2 Å². The molecule has 0 saturated heterocycles. The number of hydrazone groups is 1. The number of carbonyl (C=O) groups excluding carboxylic acids is 2. The van der Waals surface area contributed by atoms with Crippen LogP contribution in [0.3, 0.4) is 0 Å². The zero-order valence-electron chi connectivity index (χ0n) is 13.9. The lowest BCUT2D eigenvalue weighted by Crippen LogP contribution is -2.20. The second kappa shape index (κ2) is 8.62. The summed E-state index contributed by atoms with van der Waals surface area (Å²) in [5, 5.41) is 6.69. The Morgan fingerprint density at radius 2 is 1.62 bits per heavy atom. The van der Waals surface area contributed by atoms with Crippen molar-refractivity contribution in [3.8, 4) is 0 Å². The van der Waals surface area contributed by atoms with Gasteiger partial charge < -0.3 is 5.32 Å². The van der Waals surface area contributed by atoms with E-state index in [4.69, 9.17) is 0 Å². The largest absolute Gasteiger partial charge is 0.326 e. The number of para-hydroxylation sites is 1. The highest BCUT2D eigenvalue weighted by molar-refractivity contribution is 5.94. The van der Waals surface area contributed by atoms with Crippen molar-refractivity contribution in [3.63, 3.8) is 0 Å². The van der Waals surface area contributed by atoms with E-state index in [-0.39, 0.29) is 24.7 Å². The molecule has 2 amide bonds. The molecule has 0 fully saturated rings. The quantitative estimate of drug-likeness (QED) is 0.633. The van der Waals surface area contributed by atoms with E-state index in [1.807, 2.05) is 62.4 Å². The molecule has 0 heterocycles. The Morgan fingerprint density at radius 3 is 2.33 bits per heavy atom. The molecule has 5 heteroatoms. The molecule has 2 aromatic rings. The van der Waals surface area contributed by atoms with E-state index in [0.29, 0.717) is 0 Å². The number of nitrogens with one attached hydrogen (secondary N) is 2. The standard InChI is InChI=1S/C19H21N3O2/c1-14-7-9-16(10-8-14)13-20-22-19(24)12-11-18(23)21-17-6-4-3-5-15(17)2/h3-10,13H,11-12H2,1-2H3,(H,21,23)(H,22,24)/b20-13+. The third-order valence-electron chi connectivity index (χ3n) is 3.48. The van der Waals surface area contributed by atoms with E-state index in [0.717, 1.165) is 22.4 Å². The topological polar surface area (TPSA) is 70.6 Å². The van der Waals surface area contributed by atoms with Gasteiger partial charge in [-0.15, -0.1) is 0 Å². The number of hydrogen-bond donors (Lipinski definition) is 2. The summed E-state index contributed by atoms with van der Waals surface area (Å²) in [7, 11) is 0. The van der Waals surface area contributed by atoms with E-state index in [1.54, 1.807) is 6.21 Å². The molecule has 0 aromatic heterocycles. The van der Waals surface area contributed by atoms with Crippen LogP contribution in [0.25, 0.3) is 0 Å². The van der Waals surface area contributed by atoms with Crippen molar-refractivity contribution in [1.29, 1.82) is 0 Å². The van der Waals surface area contributed by atoms with Gasteiger partial charge in [-0.3, -0.25) is 9.59 Å². The molecule has 0 atom stereocenters. The smallest absolute Gasteiger partial charge is 0.240 e. The molecule has 0 aliphatic carbocycles. The third-order valence-corrected chi connectivity index (χ3v) is 3.48. The molecular formula is C19H21N3O2. The Morgan fingerprint density at radius 1 is 0.958 bits per heavy atom. The summed E-state index contributed by atoms with van der Waals surface area (Å²) in [4.78, 5) is 23.6. The average Bonchev–Trinajstić information content (AvgIpc) is 2.57. The van der Waals surface area contributed by atoms with Gasteiger partial charge in [0.25, 0.3) is 0 Å². The van der Waals surface area contributed by atoms with Gasteiger partial charge in [-0.2, -0.15) is 5.10 Å². The Labute approximate surface area is 141 Å². The van der Waals surface area contributed by atoms with Crippen LogP contribution < -0.4 is 10.7 Å². The van der Waals surface area contributed by atoms with E-state index < -0.39 is 0 Å². The number of anilines is 1. The minimum absolute atomic E-state index is 0.0863. The van der Waals surface area contributed by atoms with Gasteiger partial charge in [-0.25, -0.2) is 5.43 Å². The van der Waals surface area contributed by atoms with E-state index in [2.05, 4.69) is 15.8 Å². The maximum atomic E-state index is 11.9. The zero-order chi connectivity index (χ0) is 17.4. The fraction of sp³-hybridized carbons (Fsp3) is 0.211. The van der Waals surface area contributed by atoms with Crippen LogP contribution in [0.2, 0.25) is 0 Å². The average molecular weight is 323 g/mol. The Kier molecular flexibility index (Phi) is 6.25. The lowest BCUT2D eigenvalue weighted by Gasteiger charge is -2.07. The second-order valence-electron chi connectivity index (χ2n) is 5.57. The summed E-state index contributed by atoms with van der Waals surface area (Å²) < 4.78 is 0. The number of benzene rings is 2. The van der Waals surface area contributed by atoms with Crippen molar-refractivity contribution < 1.29 is 9.59 Å². The summed E-state index contributed by atoms with van der Waals surface area (Å²) >= 11 is 0. The first kappa shape index (κ1) is 17.4. The molecule has 0 bridgehead atoms. The van der Waals surface area contributed by atoms with Gasteiger partial charge in [0.1, 0.15) is 0 Å². The molecule has 0 aliphatic rings. The van der Waals surface area contributed by atoms with Crippen LogP contribution in [0.1, 0.15) is 29.5 Å². The predicted molar refractivity (Wildman–Crippen MR) is 96.0 cm³/mol. The fourth-order valence-electron chi connectivity index (χ4n) is 2.04. The van der Waals surface area contributed by atoms with Gasteiger partial charge in [-0.1, -0.05) is 48.0 Å². The van der Waals surface area contributed by atoms with Crippen LogP contribution in [-0.2, 0) is 9.59 Å². The summed E-state index contributed by atoms with van der Waals surface area (Å²) in [5.41, 5.74) is 6.24. The first-order chi connectivity index (χ1) is 11.5. The number of aryl methyl sites for hydroxylation is 2. The summed E-state index contributed by atoms with van der Waals surface area (Å²) in [6, 6.07) is 15.3. The monoisotopic (exact) mass is 323 g/mol. The first-order valence-electron chi connectivity index (χ1n) is 7.78. The van der Waals surface area contributed by atoms with Crippen LogP contribution in [0.4, 0.5) is 5.69 Å². The number of rotatable bonds is 6. The lowest BCUT2D eigenvalue weighted by molar-refractivity contribution is -0.124. The maximum Gasteiger partial charge on any atom is 0.240 e. The third kappa shape index (κ3) is 5.68. The van der Waals surface area contributed by atoms with Gasteiger partial charge in [0.05, 0.1) is 6.21 Å². The predicted octanol–water partition coefficient (Wildman–Crippen LogP) is 3.17. The Balaban J connectivity index is 1.73. The SMILES string of the molecule is Cc1ccc(/C=N/NC(=O)CCC(=O)Nc2ccccc2C)cc1. The highest BCUT2D eigenvalue weighted by atomic mass is 16.2. The molecule has 5 nitrogen and oxygen atoms in total. The molecular weight excluding hydrogens is 302 g/mol. The summed E-state index contributed by atoms with van der Waals surface area (Å²) in [5.74, 6) is -0.486. The van der Waals surface area contributed by atoms with Gasteiger partial charge in [0, 0.05) is 18.5 Å². The molecule has 0 aliphatic heterocycles. The number of hydrogen-bond acceptors (Lipinski definition) is 3. The van der Waals surface area contributed by atoms with Crippen molar-refractivity contribution in [2.24, 2.45) is 5.10 Å². The van der Waals surface area contributed by atoms with Crippen LogP contribution in [0, 0.1) is 13.8 Å². The fourth-order valence-corrected chi connectivity index (χ4v) is 2.04. The maximum absolute atomic E-state index is 11.9. The summed E-state index contributed by atoms with van der Waals surface area (Å²) in [6.45, 7) is 3.92. The van der Waals surface area contributed by atoms with Crippen LogP contribution in [0.15, 0.2) is 53.6 Å². The van der Waals surface area contributed by atoms with Gasteiger partial charge in [0.2, 0.25) is 11.8 Å². The highest BCUT2D eigenvalue weighted by Gasteiger charge is 2.07. The first-order valence-corrected chi connectivity index (χ1v) is 7.78. The van der Waals surface area contributed by atoms with Crippen molar-refractivity contribution in [2.45, 2.75) is 26.7 Å². The normalized spacial score (nSPS) is 10.6. The number of nitrogens with zero attached hydrogens (tertiary/aromatic N) is 1. The lowest BCUT2D eigenvalue weighted by atomic mass is 10.2. The molecule has 0 saturated carbocycles. The molecule has 24 heavy (non-hydrogen) atoms. The van der Waals surface area contributed by atoms with Crippen LogP contribution in [-0.4, -0.2) is 18.0 Å². The van der Waals surface area contributed by atoms with Crippen molar-refractivity contribution in [1.82, 2.24) is 5.43 Å². The van der Waals surface area contributed by atoms with Gasteiger partial charge >= 0.3 is 0 Å². The zero-order valence-corrected chi connectivity index (χ0v) is 13.9. The number of amides is 2. The second-order valence-corrected chi connectivity index (χ2v) is 5.57. The molecule has 0 unspecified atom stereocenters. The van der Waals surface area contributed by atoms with Gasteiger partial charge in [-0.05, 0) is 31.0 Å². The Bertz CT molecular complexity index is 737. The van der Waals surface area contributed by atoms with Crippen molar-refractivity contribution in [2.75, 3.05) is 5.32 Å². The molecule has 2 aromatic carbocycles. The molecule has 2 rings (SSSR count). The molecule has 0 spiro atoms. The van der Waals surface area contributed by atoms with E-state index in [1.165, 1.54) is 0 Å². The van der Waals surface area contributed by atoms with Crippen LogP contribution in [0.5, 0.6) is 0 Å². The molecule has 0 radical (unpaired) electrons. The Hall–Kier alpha value is -2.95. The molecule has 2 N–H and O–H groups in total. The molecule has 124 valence electrons. The highest BCUT2D eigenvalue weighted by Crippen LogP contribution is 2.13. The van der Waals surface area contributed by atoms with Gasteiger partial charge in [0.15, 0.2) is 0 Å². The minimum Gasteiger partial charge on any atom is -0.326 e. The van der Waals surface area contributed by atoms with E-state index in [9.17, 15) is 9.59 Å². The summed E-state index contributed by atoms with van der Waals surface area (Å²) in [6.07, 6.45) is 1.77. The minimum atomic E-state index is -0.293. The van der Waals surface area contributed by atoms with E-state index >= 15 is 0 Å². The number of carbonyl (C=O) groups is 2. The van der Waals surface area contributed by atoms with Crippen LogP contribution >= 0.6 is 0 Å². The van der Waals surface area contributed by atoms with Crippen molar-refractivity contribution >= 4 is 23.7 Å².